The first-order chi connectivity index (χ1) is 4.73. The van der Waals surface area contributed by atoms with E-state index in [9.17, 15) is 0 Å². The van der Waals surface area contributed by atoms with E-state index in [1.165, 1.54) is 19.4 Å². The van der Waals surface area contributed by atoms with E-state index in [1.54, 1.807) is 0 Å². The molecule has 3 nitrogen and oxygen atoms in total. The van der Waals surface area contributed by atoms with Crippen LogP contribution in [0, 0.1) is 0 Å². The van der Waals surface area contributed by atoms with Gasteiger partial charge in [-0.25, -0.2) is 5.01 Å². The molecule has 2 aliphatic rings. The van der Waals surface area contributed by atoms with Crippen LogP contribution in [0.1, 0.15) is 12.8 Å². The molecule has 0 aromatic carbocycles. The molecule has 0 amide bonds. The summed E-state index contributed by atoms with van der Waals surface area (Å²) < 4.78 is 0. The minimum absolute atomic E-state index is 0.481. The molecule has 0 radical (unpaired) electrons. The van der Waals surface area contributed by atoms with Crippen molar-refractivity contribution in [2.45, 2.75) is 18.4 Å². The van der Waals surface area contributed by atoms with Crippen molar-refractivity contribution in [1.29, 1.82) is 0 Å². The Kier molecular flexibility index (Phi) is 1.27. The molecule has 0 bridgehead atoms. The summed E-state index contributed by atoms with van der Waals surface area (Å²) in [6.45, 7) is 3.40. The quantitative estimate of drug-likeness (QED) is 0.468. The molecule has 0 aliphatic carbocycles. The van der Waals surface area contributed by atoms with Crippen LogP contribution in [0.3, 0.4) is 0 Å². The van der Waals surface area contributed by atoms with E-state index in [0.29, 0.717) is 5.54 Å². The Morgan fingerprint density at radius 3 is 2.50 bits per heavy atom. The Morgan fingerprint density at radius 1 is 1.40 bits per heavy atom. The number of hydrogen-bond acceptors (Lipinski definition) is 3. The van der Waals surface area contributed by atoms with Crippen LogP contribution < -0.4 is 5.84 Å². The first-order valence-electron chi connectivity index (χ1n) is 3.94. The van der Waals surface area contributed by atoms with E-state index < -0.39 is 0 Å². The molecule has 3 heteroatoms. The Balaban J connectivity index is 2.03. The van der Waals surface area contributed by atoms with Gasteiger partial charge in [0.2, 0.25) is 0 Å². The lowest BCUT2D eigenvalue weighted by Gasteiger charge is -2.49. The Hall–Kier alpha value is -0.120. The predicted molar refractivity (Wildman–Crippen MR) is 40.4 cm³/mol. The molecule has 0 unspecified atom stereocenters. The first kappa shape index (κ1) is 6.58. The Morgan fingerprint density at radius 2 is 2.10 bits per heavy atom. The Labute approximate surface area is 61.7 Å². The number of hydrogen-bond donors (Lipinski definition) is 1. The molecule has 2 rings (SSSR count). The molecule has 1 spiro atoms. The smallest absolute Gasteiger partial charge is 0.0488 e. The van der Waals surface area contributed by atoms with Crippen molar-refractivity contribution in [2.24, 2.45) is 5.84 Å². The maximum absolute atomic E-state index is 5.60. The minimum Gasteiger partial charge on any atom is -0.298 e. The molecule has 2 heterocycles. The second-order valence-corrected chi connectivity index (χ2v) is 3.65. The molecule has 2 saturated heterocycles. The van der Waals surface area contributed by atoms with E-state index in [4.69, 9.17) is 5.84 Å². The second kappa shape index (κ2) is 1.94. The van der Waals surface area contributed by atoms with Crippen molar-refractivity contribution in [2.75, 3.05) is 26.7 Å². The van der Waals surface area contributed by atoms with Gasteiger partial charge in [0, 0.05) is 18.6 Å². The fraction of sp³-hybridized carbons (Fsp3) is 1.00. The molecule has 10 heavy (non-hydrogen) atoms. The van der Waals surface area contributed by atoms with Crippen LogP contribution in [0.4, 0.5) is 0 Å². The molecule has 2 fully saturated rings. The summed E-state index contributed by atoms with van der Waals surface area (Å²) in [4.78, 5) is 2.45. The summed E-state index contributed by atoms with van der Waals surface area (Å²) in [6, 6.07) is 0. The topological polar surface area (TPSA) is 32.5 Å². The third-order valence-corrected chi connectivity index (χ3v) is 2.94. The van der Waals surface area contributed by atoms with Gasteiger partial charge in [-0.3, -0.25) is 10.7 Å². The summed E-state index contributed by atoms with van der Waals surface area (Å²) in [5.41, 5.74) is 0.481. The van der Waals surface area contributed by atoms with Crippen LogP contribution in [0.2, 0.25) is 0 Å². The third kappa shape index (κ3) is 0.713. The highest BCUT2D eigenvalue weighted by Crippen LogP contribution is 2.34. The second-order valence-electron chi connectivity index (χ2n) is 3.65. The van der Waals surface area contributed by atoms with Crippen molar-refractivity contribution in [3.8, 4) is 0 Å². The maximum Gasteiger partial charge on any atom is 0.0488 e. The SMILES string of the molecule is CN1CCCC12CN(N)C2. The van der Waals surface area contributed by atoms with Crippen molar-refractivity contribution >= 4 is 0 Å². The van der Waals surface area contributed by atoms with Gasteiger partial charge in [0.25, 0.3) is 0 Å². The summed E-state index contributed by atoms with van der Waals surface area (Å²) in [7, 11) is 2.21. The van der Waals surface area contributed by atoms with Gasteiger partial charge in [-0.05, 0) is 26.4 Å². The lowest BCUT2D eigenvalue weighted by molar-refractivity contribution is -0.0170. The zero-order valence-electron chi connectivity index (χ0n) is 6.51. The lowest BCUT2D eigenvalue weighted by Crippen LogP contribution is -2.68. The van der Waals surface area contributed by atoms with E-state index in [1.807, 2.05) is 5.01 Å². The van der Waals surface area contributed by atoms with Crippen molar-refractivity contribution in [1.82, 2.24) is 9.91 Å². The third-order valence-electron chi connectivity index (χ3n) is 2.94. The Bertz CT molecular complexity index is 140. The maximum atomic E-state index is 5.60. The van der Waals surface area contributed by atoms with Crippen molar-refractivity contribution < 1.29 is 0 Å². The lowest BCUT2D eigenvalue weighted by atomic mass is 9.89. The van der Waals surface area contributed by atoms with Crippen LogP contribution >= 0.6 is 0 Å². The van der Waals surface area contributed by atoms with E-state index in [2.05, 4.69) is 11.9 Å². The molecule has 2 aliphatic heterocycles. The van der Waals surface area contributed by atoms with Crippen LogP contribution in [0.25, 0.3) is 0 Å². The summed E-state index contributed by atoms with van der Waals surface area (Å²) in [5.74, 6) is 5.60. The van der Waals surface area contributed by atoms with E-state index in [-0.39, 0.29) is 0 Å². The number of likely N-dealkylation sites (tertiary alicyclic amines) is 1. The predicted octanol–water partition coefficient (Wildman–Crippen LogP) is -0.360. The molecule has 58 valence electrons. The zero-order valence-corrected chi connectivity index (χ0v) is 6.51. The van der Waals surface area contributed by atoms with Crippen LogP contribution in [0.5, 0.6) is 0 Å². The number of hydrazine groups is 1. The normalized spacial score (nSPS) is 33.0. The highest BCUT2D eigenvalue weighted by molar-refractivity contribution is 5.04. The number of rotatable bonds is 0. The summed E-state index contributed by atoms with van der Waals surface area (Å²) >= 11 is 0. The summed E-state index contributed by atoms with van der Waals surface area (Å²) in [5, 5.41) is 1.90. The molecule has 0 atom stereocenters. The van der Waals surface area contributed by atoms with Gasteiger partial charge >= 0.3 is 0 Å². The number of nitrogens with two attached hydrogens (primary N) is 1. The van der Waals surface area contributed by atoms with Crippen LogP contribution in [-0.4, -0.2) is 42.1 Å². The fourth-order valence-electron chi connectivity index (χ4n) is 2.18. The van der Waals surface area contributed by atoms with Gasteiger partial charge in [-0.2, -0.15) is 0 Å². The van der Waals surface area contributed by atoms with Crippen molar-refractivity contribution in [3.05, 3.63) is 0 Å². The van der Waals surface area contributed by atoms with Gasteiger partial charge in [0.05, 0.1) is 0 Å². The molecule has 0 saturated carbocycles. The van der Waals surface area contributed by atoms with Gasteiger partial charge < -0.3 is 0 Å². The highest BCUT2D eigenvalue weighted by atomic mass is 15.5. The zero-order chi connectivity index (χ0) is 7.19. The van der Waals surface area contributed by atoms with Crippen LogP contribution in [0.15, 0.2) is 0 Å². The molecule has 0 aromatic heterocycles. The largest absolute Gasteiger partial charge is 0.298 e. The number of likely N-dealkylation sites (N-methyl/N-ethyl adjacent to an activating group) is 1. The van der Waals surface area contributed by atoms with Gasteiger partial charge in [0.1, 0.15) is 0 Å². The first-order valence-corrected chi connectivity index (χ1v) is 3.94. The monoisotopic (exact) mass is 141 g/mol. The van der Waals surface area contributed by atoms with Crippen LogP contribution in [-0.2, 0) is 0 Å². The fourth-order valence-corrected chi connectivity index (χ4v) is 2.18. The average Bonchev–Trinajstić information content (AvgIpc) is 2.12. The molecular weight excluding hydrogens is 126 g/mol. The molecular formula is C7H15N3. The summed E-state index contributed by atoms with van der Waals surface area (Å²) in [6.07, 6.45) is 2.70. The minimum atomic E-state index is 0.481. The van der Waals surface area contributed by atoms with Gasteiger partial charge in [0.15, 0.2) is 0 Å². The molecule has 2 N–H and O–H groups in total. The molecule has 0 aromatic rings. The van der Waals surface area contributed by atoms with Gasteiger partial charge in [-0.1, -0.05) is 0 Å². The average molecular weight is 141 g/mol. The standard InChI is InChI=1S/C7H15N3/c1-9-4-2-3-7(9)5-10(8)6-7/h2-6,8H2,1H3. The highest BCUT2D eigenvalue weighted by Gasteiger charge is 2.47. The number of nitrogens with zero attached hydrogens (tertiary/aromatic N) is 2. The van der Waals surface area contributed by atoms with Crippen molar-refractivity contribution in [3.63, 3.8) is 0 Å². The van der Waals surface area contributed by atoms with Gasteiger partial charge in [-0.15, -0.1) is 0 Å². The van der Waals surface area contributed by atoms with E-state index >= 15 is 0 Å². The van der Waals surface area contributed by atoms with E-state index in [0.717, 1.165) is 13.1 Å².